The van der Waals surface area contributed by atoms with E-state index in [1.165, 1.54) is 25.7 Å². The zero-order valence-electron chi connectivity index (χ0n) is 10.2. The highest BCUT2D eigenvalue weighted by molar-refractivity contribution is 5.87. The van der Waals surface area contributed by atoms with E-state index in [-0.39, 0.29) is 5.54 Å². The molecule has 2 saturated carbocycles. The summed E-state index contributed by atoms with van der Waals surface area (Å²) < 4.78 is 0. The van der Waals surface area contributed by atoms with Crippen LogP contribution in [0.4, 0.5) is 0 Å². The molecule has 3 unspecified atom stereocenters. The molecule has 86 valence electrons. The van der Waals surface area contributed by atoms with E-state index in [0.717, 1.165) is 18.3 Å². The van der Waals surface area contributed by atoms with Crippen molar-refractivity contribution in [2.75, 3.05) is 7.05 Å². The predicted molar refractivity (Wildman–Crippen MR) is 61.7 cm³/mol. The number of ketones is 1. The molecule has 0 aliphatic heterocycles. The van der Waals surface area contributed by atoms with Crippen LogP contribution in [0.3, 0.4) is 0 Å². The third-order valence-electron chi connectivity index (χ3n) is 4.65. The number of Topliss-reactive ketones (excluding diaryl/α,β-unsaturated/α-hetero) is 1. The number of hydrogen-bond acceptors (Lipinski definition) is 2. The van der Waals surface area contributed by atoms with Crippen LogP contribution in [-0.4, -0.2) is 18.4 Å². The molecule has 15 heavy (non-hydrogen) atoms. The smallest absolute Gasteiger partial charge is 0.152 e. The molecule has 0 spiro atoms. The van der Waals surface area contributed by atoms with Crippen molar-refractivity contribution < 1.29 is 4.79 Å². The van der Waals surface area contributed by atoms with Crippen LogP contribution in [0.15, 0.2) is 0 Å². The highest BCUT2D eigenvalue weighted by Crippen LogP contribution is 2.49. The average Bonchev–Trinajstić information content (AvgIpc) is 2.79. The summed E-state index contributed by atoms with van der Waals surface area (Å²) in [7, 11) is 1.87. The average molecular weight is 209 g/mol. The topological polar surface area (TPSA) is 29.1 Å². The molecule has 2 aliphatic rings. The molecule has 2 nitrogen and oxygen atoms in total. The molecule has 2 rings (SSSR count). The molecule has 2 fully saturated rings. The number of likely N-dealkylation sites (N-methyl/N-ethyl adjacent to an activating group) is 1. The molecule has 0 aromatic carbocycles. The zero-order valence-corrected chi connectivity index (χ0v) is 10.2. The molecular formula is C13H23NO. The Balaban J connectivity index is 1.90. The van der Waals surface area contributed by atoms with E-state index >= 15 is 0 Å². The minimum atomic E-state index is -0.332. The van der Waals surface area contributed by atoms with Gasteiger partial charge in [-0.2, -0.15) is 0 Å². The Morgan fingerprint density at radius 1 is 1.33 bits per heavy atom. The summed E-state index contributed by atoms with van der Waals surface area (Å²) in [5, 5.41) is 3.11. The van der Waals surface area contributed by atoms with Crippen LogP contribution in [-0.2, 0) is 4.79 Å². The number of rotatable bonds is 4. The molecule has 3 atom stereocenters. The summed E-state index contributed by atoms with van der Waals surface area (Å²) in [6.07, 6.45) is 6.32. The minimum Gasteiger partial charge on any atom is -0.308 e. The highest BCUT2D eigenvalue weighted by atomic mass is 16.1. The third kappa shape index (κ3) is 2.10. The van der Waals surface area contributed by atoms with Crippen LogP contribution in [0.25, 0.3) is 0 Å². The lowest BCUT2D eigenvalue weighted by molar-refractivity contribution is -0.125. The predicted octanol–water partition coefficient (Wildman–Crippen LogP) is 2.38. The van der Waals surface area contributed by atoms with Crippen molar-refractivity contribution in [2.45, 2.75) is 51.5 Å². The van der Waals surface area contributed by atoms with E-state index in [2.05, 4.69) is 5.32 Å². The van der Waals surface area contributed by atoms with Crippen LogP contribution in [0.5, 0.6) is 0 Å². The Hall–Kier alpha value is -0.370. The zero-order chi connectivity index (χ0) is 11.1. The van der Waals surface area contributed by atoms with E-state index in [1.54, 1.807) is 0 Å². The molecule has 0 radical (unpaired) electrons. The Kier molecular flexibility index (Phi) is 2.89. The second-order valence-electron chi connectivity index (χ2n) is 5.94. The number of hydrogen-bond donors (Lipinski definition) is 1. The van der Waals surface area contributed by atoms with Gasteiger partial charge in [0.2, 0.25) is 0 Å². The van der Waals surface area contributed by atoms with E-state index in [0.29, 0.717) is 11.7 Å². The van der Waals surface area contributed by atoms with Crippen LogP contribution in [0.2, 0.25) is 0 Å². The van der Waals surface area contributed by atoms with Gasteiger partial charge in [-0.25, -0.2) is 0 Å². The molecule has 0 aromatic heterocycles. The Labute approximate surface area is 92.8 Å². The lowest BCUT2D eigenvalue weighted by Crippen LogP contribution is -2.45. The van der Waals surface area contributed by atoms with Crippen LogP contribution < -0.4 is 5.32 Å². The first-order valence-corrected chi connectivity index (χ1v) is 6.25. The maximum absolute atomic E-state index is 12.1. The van der Waals surface area contributed by atoms with Gasteiger partial charge < -0.3 is 5.32 Å². The van der Waals surface area contributed by atoms with Crippen molar-refractivity contribution >= 4 is 5.78 Å². The van der Waals surface area contributed by atoms with Gasteiger partial charge in [0.1, 0.15) is 0 Å². The molecule has 1 N–H and O–H groups in total. The molecule has 0 heterocycles. The first-order chi connectivity index (χ1) is 7.03. The van der Waals surface area contributed by atoms with Gasteiger partial charge in [-0.1, -0.05) is 6.42 Å². The molecule has 0 aromatic rings. The van der Waals surface area contributed by atoms with Gasteiger partial charge in [0.25, 0.3) is 0 Å². The van der Waals surface area contributed by atoms with E-state index in [1.807, 2.05) is 20.9 Å². The standard InChI is InChI=1S/C13H23NO/c1-13(2,14-3)12(15)8-11-7-9-4-5-10(11)6-9/h9-11,14H,4-8H2,1-3H3. The minimum absolute atomic E-state index is 0.332. The van der Waals surface area contributed by atoms with Crippen molar-refractivity contribution in [3.63, 3.8) is 0 Å². The monoisotopic (exact) mass is 209 g/mol. The Bertz CT molecular complexity index is 259. The SMILES string of the molecule is CNC(C)(C)C(=O)CC1CC2CCC1C2. The fourth-order valence-corrected chi connectivity index (χ4v) is 3.26. The summed E-state index contributed by atoms with van der Waals surface area (Å²) in [6.45, 7) is 3.98. The summed E-state index contributed by atoms with van der Waals surface area (Å²) in [4.78, 5) is 12.1. The van der Waals surface area contributed by atoms with Crippen LogP contribution >= 0.6 is 0 Å². The summed E-state index contributed by atoms with van der Waals surface area (Å²) in [5.41, 5.74) is -0.332. The third-order valence-corrected chi connectivity index (χ3v) is 4.65. The quantitative estimate of drug-likeness (QED) is 0.770. The lowest BCUT2D eigenvalue weighted by atomic mass is 9.82. The molecule has 2 bridgehead atoms. The maximum atomic E-state index is 12.1. The van der Waals surface area contributed by atoms with Crippen LogP contribution in [0, 0.1) is 17.8 Å². The maximum Gasteiger partial charge on any atom is 0.152 e. The number of carbonyl (C=O) groups is 1. The second-order valence-corrected chi connectivity index (χ2v) is 5.94. The fourth-order valence-electron chi connectivity index (χ4n) is 3.26. The largest absolute Gasteiger partial charge is 0.308 e. The number of nitrogens with one attached hydrogen (secondary N) is 1. The van der Waals surface area contributed by atoms with Crippen molar-refractivity contribution in [3.05, 3.63) is 0 Å². The second kappa shape index (κ2) is 3.89. The first-order valence-electron chi connectivity index (χ1n) is 6.25. The highest BCUT2D eigenvalue weighted by Gasteiger charge is 2.41. The molecule has 2 aliphatic carbocycles. The summed E-state index contributed by atoms with van der Waals surface area (Å²) in [6, 6.07) is 0. The van der Waals surface area contributed by atoms with E-state index in [9.17, 15) is 4.79 Å². The van der Waals surface area contributed by atoms with Crippen LogP contribution in [0.1, 0.15) is 46.0 Å². The summed E-state index contributed by atoms with van der Waals surface area (Å²) in [5.74, 6) is 2.91. The first kappa shape index (κ1) is 11.1. The van der Waals surface area contributed by atoms with Crippen molar-refractivity contribution in [1.29, 1.82) is 0 Å². The van der Waals surface area contributed by atoms with Gasteiger partial charge in [-0.3, -0.25) is 4.79 Å². The summed E-state index contributed by atoms with van der Waals surface area (Å²) >= 11 is 0. The molecule has 2 heteroatoms. The number of fused-ring (bicyclic) bond motifs is 2. The van der Waals surface area contributed by atoms with Gasteiger partial charge in [-0.05, 0) is 57.9 Å². The van der Waals surface area contributed by atoms with E-state index < -0.39 is 0 Å². The lowest BCUT2D eigenvalue weighted by Gasteiger charge is -2.27. The Morgan fingerprint density at radius 2 is 2.07 bits per heavy atom. The van der Waals surface area contributed by atoms with Crippen molar-refractivity contribution in [3.8, 4) is 0 Å². The number of carbonyl (C=O) groups excluding carboxylic acids is 1. The molecular weight excluding hydrogens is 186 g/mol. The van der Waals surface area contributed by atoms with Gasteiger partial charge >= 0.3 is 0 Å². The molecule has 0 amide bonds. The molecule has 0 saturated heterocycles. The van der Waals surface area contributed by atoms with Gasteiger partial charge in [0.05, 0.1) is 5.54 Å². The van der Waals surface area contributed by atoms with Gasteiger partial charge in [0, 0.05) is 6.42 Å². The van der Waals surface area contributed by atoms with Gasteiger partial charge in [0.15, 0.2) is 5.78 Å². The van der Waals surface area contributed by atoms with E-state index in [4.69, 9.17) is 0 Å². The van der Waals surface area contributed by atoms with Crippen molar-refractivity contribution in [2.24, 2.45) is 17.8 Å². The fraction of sp³-hybridized carbons (Fsp3) is 0.923. The van der Waals surface area contributed by atoms with Gasteiger partial charge in [-0.15, -0.1) is 0 Å². The Morgan fingerprint density at radius 3 is 2.53 bits per heavy atom. The normalized spacial score (nSPS) is 34.7. The van der Waals surface area contributed by atoms with Crippen molar-refractivity contribution in [1.82, 2.24) is 5.32 Å².